The second-order valence-corrected chi connectivity index (χ2v) is 3.96. The normalized spacial score (nSPS) is 10.6. The van der Waals surface area contributed by atoms with E-state index in [0.29, 0.717) is 17.0 Å². The number of pyridine rings is 1. The maximum Gasteiger partial charge on any atom is 0.358 e. The summed E-state index contributed by atoms with van der Waals surface area (Å²) in [6, 6.07) is 5.07. The average molecular weight is 271 g/mol. The molecule has 0 radical (unpaired) electrons. The van der Waals surface area contributed by atoms with Crippen LogP contribution in [0.3, 0.4) is 0 Å². The van der Waals surface area contributed by atoms with Crippen LogP contribution in [0.1, 0.15) is 16.2 Å². The molecule has 0 aliphatic heterocycles. The van der Waals surface area contributed by atoms with Crippen LogP contribution in [0.2, 0.25) is 0 Å². The van der Waals surface area contributed by atoms with Gasteiger partial charge in [0.05, 0.1) is 6.20 Å². The Kier molecular flexibility index (Phi) is 2.96. The zero-order chi connectivity index (χ0) is 13.9. The first-order valence-corrected chi connectivity index (χ1v) is 5.72. The standard InChI is InChI=1S/C12H9N5O3/c18-12(19)10-11(8-1-4-13-5-2-8)17(16-15-10)7-9-3-6-14-20-9/h1-6H,7H2,(H,18,19). The first-order chi connectivity index (χ1) is 9.75. The second kappa shape index (κ2) is 4.92. The zero-order valence-electron chi connectivity index (χ0n) is 10.2. The van der Waals surface area contributed by atoms with Gasteiger partial charge >= 0.3 is 5.97 Å². The minimum absolute atomic E-state index is 0.115. The van der Waals surface area contributed by atoms with Crippen LogP contribution < -0.4 is 0 Å². The molecule has 0 saturated heterocycles. The lowest BCUT2D eigenvalue weighted by molar-refractivity contribution is 0.0691. The summed E-state index contributed by atoms with van der Waals surface area (Å²) < 4.78 is 6.46. The smallest absolute Gasteiger partial charge is 0.358 e. The fourth-order valence-corrected chi connectivity index (χ4v) is 1.83. The summed E-state index contributed by atoms with van der Waals surface area (Å²) in [5.41, 5.74) is 0.953. The first kappa shape index (κ1) is 12.0. The Morgan fingerprint density at radius 2 is 2.05 bits per heavy atom. The number of nitrogens with zero attached hydrogens (tertiary/aromatic N) is 5. The molecule has 20 heavy (non-hydrogen) atoms. The summed E-state index contributed by atoms with van der Waals surface area (Å²) in [7, 11) is 0. The Morgan fingerprint density at radius 1 is 1.25 bits per heavy atom. The monoisotopic (exact) mass is 271 g/mol. The van der Waals surface area contributed by atoms with Crippen LogP contribution in [0.15, 0.2) is 41.3 Å². The molecule has 3 aromatic heterocycles. The first-order valence-electron chi connectivity index (χ1n) is 5.72. The molecular weight excluding hydrogens is 262 g/mol. The van der Waals surface area contributed by atoms with E-state index in [1.54, 1.807) is 30.6 Å². The molecule has 3 rings (SSSR count). The molecule has 3 aromatic rings. The van der Waals surface area contributed by atoms with Gasteiger partial charge in [0.1, 0.15) is 12.2 Å². The van der Waals surface area contributed by atoms with Gasteiger partial charge < -0.3 is 9.63 Å². The summed E-state index contributed by atoms with van der Waals surface area (Å²) in [6.45, 7) is 0.248. The van der Waals surface area contributed by atoms with Crippen molar-refractivity contribution in [3.63, 3.8) is 0 Å². The maximum atomic E-state index is 11.2. The molecule has 8 nitrogen and oxygen atoms in total. The lowest BCUT2D eigenvalue weighted by atomic mass is 10.1. The minimum atomic E-state index is -1.14. The fourth-order valence-electron chi connectivity index (χ4n) is 1.83. The van der Waals surface area contributed by atoms with Gasteiger partial charge in [-0.3, -0.25) is 4.98 Å². The van der Waals surface area contributed by atoms with Gasteiger partial charge in [0.2, 0.25) is 0 Å². The number of aromatic nitrogens is 5. The predicted molar refractivity (Wildman–Crippen MR) is 65.8 cm³/mol. The third-order valence-corrected chi connectivity index (χ3v) is 2.69. The van der Waals surface area contributed by atoms with Crippen molar-refractivity contribution in [2.75, 3.05) is 0 Å². The van der Waals surface area contributed by atoms with Crippen LogP contribution in [-0.4, -0.2) is 36.2 Å². The molecule has 0 saturated carbocycles. The van der Waals surface area contributed by atoms with Crippen LogP contribution in [0.5, 0.6) is 0 Å². The third-order valence-electron chi connectivity index (χ3n) is 2.69. The molecule has 0 aliphatic rings. The van der Waals surface area contributed by atoms with Crippen LogP contribution in [0, 0.1) is 0 Å². The van der Waals surface area contributed by atoms with Crippen LogP contribution in [-0.2, 0) is 6.54 Å². The molecule has 0 aromatic carbocycles. The SMILES string of the molecule is O=C(O)c1nnn(Cc2ccno2)c1-c1ccncc1. The molecule has 3 heterocycles. The van der Waals surface area contributed by atoms with Crippen molar-refractivity contribution in [1.29, 1.82) is 0 Å². The summed E-state index contributed by atoms with van der Waals surface area (Å²) in [5.74, 6) is -0.581. The van der Waals surface area contributed by atoms with E-state index in [9.17, 15) is 9.90 Å². The second-order valence-electron chi connectivity index (χ2n) is 3.96. The number of hydrogen-bond acceptors (Lipinski definition) is 6. The van der Waals surface area contributed by atoms with Crippen molar-refractivity contribution in [3.05, 3.63) is 48.2 Å². The zero-order valence-corrected chi connectivity index (χ0v) is 10.2. The topological polar surface area (TPSA) is 107 Å². The van der Waals surface area contributed by atoms with E-state index in [1.165, 1.54) is 10.9 Å². The fraction of sp³-hybridized carbons (Fsp3) is 0.0833. The van der Waals surface area contributed by atoms with Crippen molar-refractivity contribution in [1.82, 2.24) is 25.1 Å². The van der Waals surface area contributed by atoms with Gasteiger partial charge in [-0.25, -0.2) is 9.48 Å². The molecule has 0 aliphatic carbocycles. The molecule has 100 valence electrons. The van der Waals surface area contributed by atoms with Gasteiger partial charge in [-0.2, -0.15) is 0 Å². The van der Waals surface area contributed by atoms with E-state index in [-0.39, 0.29) is 12.2 Å². The van der Waals surface area contributed by atoms with Gasteiger partial charge in [-0.15, -0.1) is 5.10 Å². The Labute approximate surface area is 112 Å². The Balaban J connectivity index is 2.09. The largest absolute Gasteiger partial charge is 0.476 e. The number of carboxylic acids is 1. The number of carbonyl (C=O) groups is 1. The van der Waals surface area contributed by atoms with Gasteiger partial charge in [-0.1, -0.05) is 10.4 Å². The van der Waals surface area contributed by atoms with Gasteiger partial charge in [0.15, 0.2) is 11.5 Å². The van der Waals surface area contributed by atoms with E-state index in [0.717, 1.165) is 0 Å². The van der Waals surface area contributed by atoms with Crippen molar-refractivity contribution < 1.29 is 14.4 Å². The Bertz CT molecular complexity index is 721. The summed E-state index contributed by atoms with van der Waals surface area (Å²) >= 11 is 0. The van der Waals surface area contributed by atoms with Crippen molar-refractivity contribution in [3.8, 4) is 11.3 Å². The molecule has 0 fully saturated rings. The molecule has 0 unspecified atom stereocenters. The lowest BCUT2D eigenvalue weighted by Gasteiger charge is -2.04. The van der Waals surface area contributed by atoms with E-state index in [1.807, 2.05) is 0 Å². The van der Waals surface area contributed by atoms with Crippen molar-refractivity contribution >= 4 is 5.97 Å². The highest BCUT2D eigenvalue weighted by molar-refractivity contribution is 5.92. The summed E-state index contributed by atoms with van der Waals surface area (Å²) in [6.07, 6.45) is 4.66. The number of rotatable bonds is 4. The Hall–Kier alpha value is -3.03. The van der Waals surface area contributed by atoms with Crippen molar-refractivity contribution in [2.24, 2.45) is 0 Å². The highest BCUT2D eigenvalue weighted by Gasteiger charge is 2.21. The summed E-state index contributed by atoms with van der Waals surface area (Å²) in [4.78, 5) is 15.2. The van der Waals surface area contributed by atoms with Crippen LogP contribution >= 0.6 is 0 Å². The quantitative estimate of drug-likeness (QED) is 0.756. The maximum absolute atomic E-state index is 11.2. The number of carboxylic acid groups (broad SMARTS) is 1. The average Bonchev–Trinajstić information content (AvgIpc) is 3.09. The summed E-state index contributed by atoms with van der Waals surface area (Å²) in [5, 5.41) is 20.4. The van der Waals surface area contributed by atoms with E-state index < -0.39 is 5.97 Å². The van der Waals surface area contributed by atoms with Gasteiger partial charge in [0, 0.05) is 24.0 Å². The highest BCUT2D eigenvalue weighted by Crippen LogP contribution is 2.22. The van der Waals surface area contributed by atoms with E-state index in [2.05, 4.69) is 20.5 Å². The molecule has 0 amide bonds. The molecule has 1 N–H and O–H groups in total. The van der Waals surface area contributed by atoms with Crippen LogP contribution in [0.25, 0.3) is 11.3 Å². The molecule has 0 atom stereocenters. The van der Waals surface area contributed by atoms with E-state index in [4.69, 9.17) is 4.52 Å². The van der Waals surface area contributed by atoms with E-state index >= 15 is 0 Å². The predicted octanol–water partition coefficient (Wildman–Crippen LogP) is 1.07. The van der Waals surface area contributed by atoms with Gasteiger partial charge in [-0.05, 0) is 12.1 Å². The number of hydrogen-bond donors (Lipinski definition) is 1. The molecular formula is C12H9N5O3. The molecule has 0 spiro atoms. The molecule has 0 bridgehead atoms. The van der Waals surface area contributed by atoms with Crippen molar-refractivity contribution in [2.45, 2.75) is 6.54 Å². The van der Waals surface area contributed by atoms with Crippen LogP contribution in [0.4, 0.5) is 0 Å². The minimum Gasteiger partial charge on any atom is -0.476 e. The third kappa shape index (κ3) is 2.14. The highest BCUT2D eigenvalue weighted by atomic mass is 16.5. The van der Waals surface area contributed by atoms with Gasteiger partial charge in [0.25, 0.3) is 0 Å². The molecule has 8 heteroatoms. The number of aromatic carboxylic acids is 1. The lowest BCUT2D eigenvalue weighted by Crippen LogP contribution is -2.05. The Morgan fingerprint density at radius 3 is 2.70 bits per heavy atom.